The van der Waals surface area contributed by atoms with E-state index in [4.69, 9.17) is 0 Å². The Morgan fingerprint density at radius 2 is 1.87 bits per heavy atom. The summed E-state index contributed by atoms with van der Waals surface area (Å²) in [6.07, 6.45) is -1.59. The van der Waals surface area contributed by atoms with Crippen LogP contribution in [0, 0.1) is 0 Å². The Labute approximate surface area is 85.7 Å². The molecule has 1 rings (SSSR count). The van der Waals surface area contributed by atoms with Gasteiger partial charge in [0.05, 0.1) is 12.6 Å². The molecule has 2 N–H and O–H groups in total. The summed E-state index contributed by atoms with van der Waals surface area (Å²) in [5.41, 5.74) is 0. The minimum Gasteiger partial charge on any atom is -0.392 e. The first-order valence-electron chi connectivity index (χ1n) is 5.01. The van der Waals surface area contributed by atoms with Gasteiger partial charge >= 0.3 is 12.3 Å². The highest BCUT2D eigenvalue weighted by atomic mass is 19.3. The molecule has 1 aliphatic rings. The lowest BCUT2D eigenvalue weighted by molar-refractivity contribution is -0.128. The van der Waals surface area contributed by atoms with E-state index in [0.29, 0.717) is 12.8 Å². The quantitative estimate of drug-likeness (QED) is 0.720. The van der Waals surface area contributed by atoms with E-state index in [2.05, 4.69) is 5.32 Å². The first-order chi connectivity index (χ1) is 6.93. The molecule has 0 saturated heterocycles. The van der Waals surface area contributed by atoms with Crippen molar-refractivity contribution in [1.82, 2.24) is 5.32 Å². The summed E-state index contributed by atoms with van der Waals surface area (Å²) < 4.78 is 48.7. The summed E-state index contributed by atoms with van der Waals surface area (Å²) in [5, 5.41) is 11.7. The van der Waals surface area contributed by atoms with Gasteiger partial charge in [0, 0.05) is 6.04 Å². The van der Waals surface area contributed by atoms with Crippen LogP contribution in [0.5, 0.6) is 0 Å². The van der Waals surface area contributed by atoms with Crippen LogP contribution in [0.1, 0.15) is 25.7 Å². The fourth-order valence-corrected chi connectivity index (χ4v) is 1.69. The van der Waals surface area contributed by atoms with Crippen LogP contribution in [0.4, 0.5) is 17.6 Å². The molecule has 15 heavy (non-hydrogen) atoms. The van der Waals surface area contributed by atoms with Crippen LogP contribution in [0.25, 0.3) is 0 Å². The molecule has 1 saturated carbocycles. The maximum absolute atomic E-state index is 12.5. The highest BCUT2D eigenvalue weighted by molar-refractivity contribution is 4.83. The first kappa shape index (κ1) is 12.7. The normalized spacial score (nSPS) is 28.4. The highest BCUT2D eigenvalue weighted by Crippen LogP contribution is 2.23. The predicted molar refractivity (Wildman–Crippen MR) is 47.2 cm³/mol. The van der Waals surface area contributed by atoms with Crippen molar-refractivity contribution in [2.24, 2.45) is 0 Å². The molecule has 2 atom stereocenters. The monoisotopic (exact) mass is 229 g/mol. The number of rotatable bonds is 4. The molecule has 1 fully saturated rings. The third kappa shape index (κ3) is 3.61. The number of alkyl halides is 4. The Bertz CT molecular complexity index is 201. The molecule has 0 aliphatic heterocycles. The van der Waals surface area contributed by atoms with Gasteiger partial charge < -0.3 is 10.4 Å². The second kappa shape index (κ2) is 5.12. The predicted octanol–water partition coefficient (Wildman–Crippen LogP) is 1.78. The number of aliphatic hydroxyl groups excluding tert-OH is 1. The summed E-state index contributed by atoms with van der Waals surface area (Å²) in [7, 11) is 0. The molecular formula is C9H15F4NO. The van der Waals surface area contributed by atoms with E-state index in [1.807, 2.05) is 0 Å². The molecular weight excluding hydrogens is 214 g/mol. The number of aliphatic hydroxyl groups is 1. The van der Waals surface area contributed by atoms with E-state index in [1.54, 1.807) is 0 Å². The maximum atomic E-state index is 12.5. The number of hydrogen-bond donors (Lipinski definition) is 2. The average molecular weight is 229 g/mol. The molecule has 0 radical (unpaired) electrons. The lowest BCUT2D eigenvalue weighted by atomic mass is 9.92. The lowest BCUT2D eigenvalue weighted by Crippen LogP contribution is -2.48. The van der Waals surface area contributed by atoms with Crippen molar-refractivity contribution in [2.45, 2.75) is 50.2 Å². The van der Waals surface area contributed by atoms with Gasteiger partial charge in [-0.05, 0) is 12.8 Å². The van der Waals surface area contributed by atoms with E-state index in [-0.39, 0.29) is 0 Å². The van der Waals surface area contributed by atoms with E-state index in [1.165, 1.54) is 0 Å². The van der Waals surface area contributed by atoms with Crippen molar-refractivity contribution < 1.29 is 22.7 Å². The van der Waals surface area contributed by atoms with Crippen LogP contribution in [-0.4, -0.2) is 36.1 Å². The fraction of sp³-hybridized carbons (Fsp3) is 1.00. The summed E-state index contributed by atoms with van der Waals surface area (Å²) >= 11 is 0. The Kier molecular flexibility index (Phi) is 4.33. The van der Waals surface area contributed by atoms with Crippen molar-refractivity contribution in [1.29, 1.82) is 0 Å². The standard InChI is InChI=1S/C9H15F4NO/c10-8(11)9(12,13)5-14-6-3-1-2-4-7(6)15/h6-8,14-15H,1-5H2/t6-,7-/m1/s1. The second-order valence-corrected chi connectivity index (χ2v) is 3.90. The van der Waals surface area contributed by atoms with Gasteiger partial charge in [0.1, 0.15) is 0 Å². The first-order valence-corrected chi connectivity index (χ1v) is 5.01. The Hall–Kier alpha value is -0.360. The summed E-state index contributed by atoms with van der Waals surface area (Å²) in [6.45, 7) is -1.08. The van der Waals surface area contributed by atoms with E-state index >= 15 is 0 Å². The zero-order valence-electron chi connectivity index (χ0n) is 8.23. The minimum atomic E-state index is -4.02. The van der Waals surface area contributed by atoms with Crippen molar-refractivity contribution in [3.05, 3.63) is 0 Å². The second-order valence-electron chi connectivity index (χ2n) is 3.90. The van der Waals surface area contributed by atoms with Gasteiger partial charge in [0.15, 0.2) is 0 Å². The topological polar surface area (TPSA) is 32.3 Å². The molecule has 0 unspecified atom stereocenters. The smallest absolute Gasteiger partial charge is 0.319 e. The van der Waals surface area contributed by atoms with Crippen LogP contribution in [0.3, 0.4) is 0 Å². The van der Waals surface area contributed by atoms with Crippen LogP contribution in [0.2, 0.25) is 0 Å². The molecule has 0 aromatic carbocycles. The molecule has 1 aliphatic carbocycles. The average Bonchev–Trinajstić information content (AvgIpc) is 2.16. The largest absolute Gasteiger partial charge is 0.392 e. The zero-order valence-corrected chi connectivity index (χ0v) is 8.23. The van der Waals surface area contributed by atoms with Gasteiger partial charge in [-0.3, -0.25) is 0 Å². The molecule has 0 spiro atoms. The third-order valence-corrected chi connectivity index (χ3v) is 2.65. The van der Waals surface area contributed by atoms with Gasteiger partial charge in [-0.25, -0.2) is 8.78 Å². The van der Waals surface area contributed by atoms with E-state index < -0.39 is 31.0 Å². The maximum Gasteiger partial charge on any atom is 0.319 e. The van der Waals surface area contributed by atoms with Crippen molar-refractivity contribution in [3.8, 4) is 0 Å². The SMILES string of the molecule is O[C@@H]1CCCC[C@H]1NCC(F)(F)C(F)F. The summed E-state index contributed by atoms with van der Waals surface area (Å²) in [6, 6.07) is -0.483. The summed E-state index contributed by atoms with van der Waals surface area (Å²) in [4.78, 5) is 0. The molecule has 6 heteroatoms. The molecule has 0 bridgehead atoms. The van der Waals surface area contributed by atoms with E-state index in [9.17, 15) is 22.7 Å². The van der Waals surface area contributed by atoms with Gasteiger partial charge in [0.25, 0.3) is 0 Å². The molecule has 2 nitrogen and oxygen atoms in total. The Balaban J connectivity index is 2.35. The van der Waals surface area contributed by atoms with Crippen LogP contribution in [-0.2, 0) is 0 Å². The Morgan fingerprint density at radius 3 is 2.40 bits per heavy atom. The van der Waals surface area contributed by atoms with Crippen molar-refractivity contribution in [3.63, 3.8) is 0 Å². The lowest BCUT2D eigenvalue weighted by Gasteiger charge is -2.29. The van der Waals surface area contributed by atoms with Gasteiger partial charge in [0.2, 0.25) is 0 Å². The van der Waals surface area contributed by atoms with Gasteiger partial charge in [-0.1, -0.05) is 12.8 Å². The number of nitrogens with one attached hydrogen (secondary N) is 1. The number of hydrogen-bond acceptors (Lipinski definition) is 2. The van der Waals surface area contributed by atoms with Gasteiger partial charge in [-0.15, -0.1) is 0 Å². The molecule has 90 valence electrons. The van der Waals surface area contributed by atoms with Crippen molar-refractivity contribution >= 4 is 0 Å². The van der Waals surface area contributed by atoms with Crippen LogP contribution >= 0.6 is 0 Å². The molecule has 0 aromatic rings. The zero-order chi connectivity index (χ0) is 11.5. The van der Waals surface area contributed by atoms with Gasteiger partial charge in [-0.2, -0.15) is 8.78 Å². The highest BCUT2D eigenvalue weighted by Gasteiger charge is 2.41. The third-order valence-electron chi connectivity index (χ3n) is 2.65. The molecule has 0 aromatic heterocycles. The van der Waals surface area contributed by atoms with Crippen LogP contribution in [0.15, 0.2) is 0 Å². The Morgan fingerprint density at radius 1 is 1.27 bits per heavy atom. The molecule has 0 heterocycles. The fourth-order valence-electron chi connectivity index (χ4n) is 1.69. The summed E-state index contributed by atoms with van der Waals surface area (Å²) in [5.74, 6) is -4.02. The molecule has 0 amide bonds. The van der Waals surface area contributed by atoms with Crippen molar-refractivity contribution in [2.75, 3.05) is 6.54 Å². The van der Waals surface area contributed by atoms with E-state index in [0.717, 1.165) is 12.8 Å². The number of halogens is 4. The van der Waals surface area contributed by atoms with Crippen LogP contribution < -0.4 is 5.32 Å². The minimum absolute atomic E-state index is 0.483.